The minimum Gasteiger partial charge on any atom is -0.309 e. The van der Waals surface area contributed by atoms with Crippen LogP contribution in [0.15, 0.2) is 206 Å². The minimum absolute atomic E-state index is 0.195. The summed E-state index contributed by atoms with van der Waals surface area (Å²) in [5.74, 6) is 0.195. The van der Waals surface area contributed by atoms with E-state index in [2.05, 4.69) is 225 Å². The molecule has 59 heavy (non-hydrogen) atoms. The van der Waals surface area contributed by atoms with Crippen LogP contribution in [0.25, 0.3) is 92.2 Å². The van der Waals surface area contributed by atoms with Crippen molar-refractivity contribution in [2.24, 2.45) is 0 Å². The molecular weight excluding hydrogens is 731 g/mol. The lowest BCUT2D eigenvalue weighted by molar-refractivity contribution is 0.927. The number of fused-ring (bicyclic) bond motifs is 6. The summed E-state index contributed by atoms with van der Waals surface area (Å²) < 4.78 is 5.08. The van der Waals surface area contributed by atoms with Crippen molar-refractivity contribution in [3.63, 3.8) is 0 Å². The van der Waals surface area contributed by atoms with Crippen molar-refractivity contribution >= 4 is 53.3 Å². The van der Waals surface area contributed by atoms with Crippen molar-refractivity contribution in [1.29, 1.82) is 0 Å². The maximum Gasteiger partial charge on any atom is 0.0541 e. The second-order valence-electron chi connectivity index (χ2n) is 15.8. The molecule has 0 saturated heterocycles. The summed E-state index contributed by atoms with van der Waals surface area (Å²) in [5.41, 5.74) is 17.5. The Balaban J connectivity index is 1.00. The molecule has 0 aliphatic rings. The summed E-state index contributed by atoms with van der Waals surface area (Å²) in [6.45, 7) is 4.60. The van der Waals surface area contributed by atoms with E-state index in [4.69, 9.17) is 0 Å². The Morgan fingerprint density at radius 2 is 0.983 bits per heavy atom. The van der Waals surface area contributed by atoms with Gasteiger partial charge in [-0.15, -0.1) is 11.3 Å². The summed E-state index contributed by atoms with van der Waals surface area (Å²) in [5, 5.41) is 5.17. The molecule has 0 aliphatic carbocycles. The van der Waals surface area contributed by atoms with E-state index in [1.165, 1.54) is 103 Å². The van der Waals surface area contributed by atoms with Crippen molar-refractivity contribution in [3.8, 4) is 50.2 Å². The van der Waals surface area contributed by atoms with Crippen molar-refractivity contribution in [2.75, 3.05) is 0 Å². The standard InChI is InChI=1S/C57H41NS/c1-37-14-9-10-21-47(37)52-33-43(25-28-48(52)38(2)41-24-29-50-51-30-26-45(40-17-7-4-8-18-40)36-57(51)59-56(50)35-41)44-27-31-55-53(34-44)49-22-11-12-23-54(49)58(55)46-20-13-19-42(32-46)39-15-5-3-6-16-39/h3-36,38H,1-2H3. The third-order valence-corrected chi connectivity index (χ3v) is 13.4. The molecule has 0 radical (unpaired) electrons. The highest BCUT2D eigenvalue weighted by Crippen LogP contribution is 2.43. The Morgan fingerprint density at radius 1 is 0.390 bits per heavy atom. The molecule has 0 spiro atoms. The third kappa shape index (κ3) is 6.16. The summed E-state index contributed by atoms with van der Waals surface area (Å²) in [4.78, 5) is 0. The van der Waals surface area contributed by atoms with Gasteiger partial charge in [0.2, 0.25) is 0 Å². The third-order valence-electron chi connectivity index (χ3n) is 12.3. The molecule has 11 aromatic rings. The van der Waals surface area contributed by atoms with Crippen LogP contribution in [0.1, 0.15) is 29.5 Å². The molecule has 1 atom stereocenters. The molecule has 0 bridgehead atoms. The molecule has 2 heteroatoms. The lowest BCUT2D eigenvalue weighted by Crippen LogP contribution is -2.00. The number of rotatable bonds is 7. The molecule has 2 aromatic heterocycles. The molecule has 0 N–H and O–H groups in total. The predicted octanol–water partition coefficient (Wildman–Crippen LogP) is 16.3. The van der Waals surface area contributed by atoms with E-state index in [1.807, 2.05) is 11.3 Å². The second-order valence-corrected chi connectivity index (χ2v) is 16.9. The highest BCUT2D eigenvalue weighted by Gasteiger charge is 2.19. The fourth-order valence-corrected chi connectivity index (χ4v) is 10.4. The van der Waals surface area contributed by atoms with Crippen LogP contribution < -0.4 is 0 Å². The van der Waals surface area contributed by atoms with Crippen LogP contribution >= 0.6 is 11.3 Å². The van der Waals surface area contributed by atoms with Crippen molar-refractivity contribution in [2.45, 2.75) is 19.8 Å². The normalized spacial score (nSPS) is 12.2. The lowest BCUT2D eigenvalue weighted by atomic mass is 9.84. The molecule has 0 fully saturated rings. The molecule has 0 aliphatic heterocycles. The molecule has 2 heterocycles. The van der Waals surface area contributed by atoms with E-state index in [1.54, 1.807) is 0 Å². The Bertz CT molecular complexity index is 3350. The van der Waals surface area contributed by atoms with Crippen LogP contribution in [-0.2, 0) is 0 Å². The monoisotopic (exact) mass is 771 g/mol. The number of thiophene rings is 1. The first-order chi connectivity index (χ1) is 29.1. The van der Waals surface area contributed by atoms with Crippen LogP contribution in [0.5, 0.6) is 0 Å². The number of aromatic nitrogens is 1. The van der Waals surface area contributed by atoms with Gasteiger partial charge in [-0.3, -0.25) is 0 Å². The SMILES string of the molecule is Cc1ccccc1-c1cc(-c2ccc3c(c2)c2ccccc2n3-c2cccc(-c3ccccc3)c2)ccc1C(C)c1ccc2c(c1)sc1cc(-c3ccccc3)ccc12. The van der Waals surface area contributed by atoms with E-state index in [0.29, 0.717) is 0 Å². The number of hydrogen-bond donors (Lipinski definition) is 0. The predicted molar refractivity (Wildman–Crippen MR) is 254 cm³/mol. The molecule has 0 saturated carbocycles. The van der Waals surface area contributed by atoms with Crippen LogP contribution in [0.4, 0.5) is 0 Å². The van der Waals surface area contributed by atoms with Gasteiger partial charge in [0.15, 0.2) is 0 Å². The molecule has 0 amide bonds. The van der Waals surface area contributed by atoms with E-state index in [-0.39, 0.29) is 5.92 Å². The number of hydrogen-bond acceptors (Lipinski definition) is 1. The Hall–Kier alpha value is -7.00. The van der Waals surface area contributed by atoms with Gasteiger partial charge in [-0.25, -0.2) is 0 Å². The number of nitrogens with zero attached hydrogens (tertiary/aromatic N) is 1. The average molecular weight is 772 g/mol. The van der Waals surface area contributed by atoms with Gasteiger partial charge in [-0.05, 0) is 117 Å². The minimum atomic E-state index is 0.195. The fraction of sp³-hybridized carbons (Fsp3) is 0.0526. The summed E-state index contributed by atoms with van der Waals surface area (Å²) in [6.07, 6.45) is 0. The Morgan fingerprint density at radius 3 is 1.78 bits per heavy atom. The van der Waals surface area contributed by atoms with Crippen LogP contribution in [0.3, 0.4) is 0 Å². The van der Waals surface area contributed by atoms with E-state index >= 15 is 0 Å². The molecule has 1 unspecified atom stereocenters. The van der Waals surface area contributed by atoms with Gasteiger partial charge in [0, 0.05) is 42.6 Å². The van der Waals surface area contributed by atoms with E-state index in [0.717, 1.165) is 5.69 Å². The first-order valence-corrected chi connectivity index (χ1v) is 21.3. The van der Waals surface area contributed by atoms with Gasteiger partial charge in [0.05, 0.1) is 11.0 Å². The zero-order valence-corrected chi connectivity index (χ0v) is 33.9. The summed E-state index contributed by atoms with van der Waals surface area (Å²) in [6, 6.07) is 76.1. The molecule has 9 aromatic carbocycles. The van der Waals surface area contributed by atoms with Gasteiger partial charge in [0.1, 0.15) is 0 Å². The number of aryl methyl sites for hydroxylation is 1. The van der Waals surface area contributed by atoms with Crippen LogP contribution in [0, 0.1) is 6.92 Å². The number of benzene rings is 9. The molecule has 11 rings (SSSR count). The highest BCUT2D eigenvalue weighted by molar-refractivity contribution is 7.25. The maximum atomic E-state index is 2.43. The van der Waals surface area contributed by atoms with Gasteiger partial charge in [-0.2, -0.15) is 0 Å². The highest BCUT2D eigenvalue weighted by atomic mass is 32.1. The summed E-state index contributed by atoms with van der Waals surface area (Å²) >= 11 is 1.90. The van der Waals surface area contributed by atoms with Crippen molar-refractivity contribution < 1.29 is 0 Å². The quantitative estimate of drug-likeness (QED) is 0.152. The molecular formula is C57H41NS. The smallest absolute Gasteiger partial charge is 0.0541 e. The molecule has 1 nitrogen and oxygen atoms in total. The Labute approximate surface area is 349 Å². The van der Waals surface area contributed by atoms with E-state index in [9.17, 15) is 0 Å². The van der Waals surface area contributed by atoms with Crippen LogP contribution in [0.2, 0.25) is 0 Å². The zero-order chi connectivity index (χ0) is 39.5. The number of para-hydroxylation sites is 1. The van der Waals surface area contributed by atoms with Crippen molar-refractivity contribution in [3.05, 3.63) is 223 Å². The Kier molecular flexibility index (Phi) is 8.61. The van der Waals surface area contributed by atoms with Crippen LogP contribution in [-0.4, -0.2) is 4.57 Å². The largest absolute Gasteiger partial charge is 0.309 e. The van der Waals surface area contributed by atoms with Gasteiger partial charge >= 0.3 is 0 Å². The lowest BCUT2D eigenvalue weighted by Gasteiger charge is -2.20. The fourth-order valence-electron chi connectivity index (χ4n) is 9.16. The molecule has 280 valence electrons. The van der Waals surface area contributed by atoms with Gasteiger partial charge in [0.25, 0.3) is 0 Å². The van der Waals surface area contributed by atoms with Gasteiger partial charge < -0.3 is 4.57 Å². The van der Waals surface area contributed by atoms with E-state index < -0.39 is 0 Å². The topological polar surface area (TPSA) is 4.93 Å². The van der Waals surface area contributed by atoms with Crippen molar-refractivity contribution in [1.82, 2.24) is 4.57 Å². The second kappa shape index (κ2) is 14.4. The first kappa shape index (κ1) is 35.2. The average Bonchev–Trinajstić information content (AvgIpc) is 3.84. The van der Waals surface area contributed by atoms with Gasteiger partial charge in [-0.1, -0.05) is 165 Å². The summed E-state index contributed by atoms with van der Waals surface area (Å²) in [7, 11) is 0. The zero-order valence-electron chi connectivity index (χ0n) is 33.1. The first-order valence-electron chi connectivity index (χ1n) is 20.5. The maximum absolute atomic E-state index is 2.43.